The molecule has 88 valence electrons. The Morgan fingerprint density at radius 3 is 2.65 bits per heavy atom. The summed E-state index contributed by atoms with van der Waals surface area (Å²) in [6.45, 7) is 0. The molecule has 0 bridgehead atoms. The highest BCUT2D eigenvalue weighted by molar-refractivity contribution is 5.84. The fourth-order valence-electron chi connectivity index (χ4n) is 1.46. The fraction of sp³-hybridized carbons (Fsp3) is 0.0833. The van der Waals surface area contributed by atoms with Gasteiger partial charge >= 0.3 is 5.97 Å². The van der Waals surface area contributed by atoms with Gasteiger partial charge in [0.15, 0.2) is 0 Å². The van der Waals surface area contributed by atoms with Crippen LogP contribution in [-0.4, -0.2) is 16.2 Å². The molecule has 0 saturated heterocycles. The van der Waals surface area contributed by atoms with Crippen LogP contribution in [-0.2, 0) is 0 Å². The van der Waals surface area contributed by atoms with Gasteiger partial charge in [-0.05, 0) is 29.8 Å². The first-order chi connectivity index (χ1) is 8.08. The highest BCUT2D eigenvalue weighted by Gasteiger charge is 2.17. The van der Waals surface area contributed by atoms with E-state index >= 15 is 0 Å². The third-order valence-electron chi connectivity index (χ3n) is 2.27. The minimum absolute atomic E-state index is 0.0630. The predicted molar refractivity (Wildman–Crippen MR) is 56.1 cm³/mol. The molecule has 1 aromatic carbocycles. The molecule has 0 amide bonds. The van der Waals surface area contributed by atoms with Crippen molar-refractivity contribution in [2.75, 3.05) is 0 Å². The Labute approximate surface area is 95.9 Å². The molecule has 0 aliphatic heterocycles. The molecular formula is C12H9FO4. The van der Waals surface area contributed by atoms with Gasteiger partial charge in [-0.25, -0.2) is 9.18 Å². The van der Waals surface area contributed by atoms with Crippen molar-refractivity contribution in [3.8, 4) is 0 Å². The lowest BCUT2D eigenvalue weighted by molar-refractivity contribution is 0.0655. The van der Waals surface area contributed by atoms with Crippen LogP contribution in [0.1, 0.15) is 28.0 Å². The van der Waals surface area contributed by atoms with Crippen LogP contribution < -0.4 is 0 Å². The summed E-state index contributed by atoms with van der Waals surface area (Å²) in [6, 6.07) is 7.97. The Kier molecular flexibility index (Phi) is 2.93. The maximum absolute atomic E-state index is 12.9. The molecule has 2 rings (SSSR count). The van der Waals surface area contributed by atoms with Gasteiger partial charge in [-0.2, -0.15) is 0 Å². The van der Waals surface area contributed by atoms with Crippen molar-refractivity contribution in [2.45, 2.75) is 6.10 Å². The average molecular weight is 236 g/mol. The second-order valence-electron chi connectivity index (χ2n) is 3.46. The summed E-state index contributed by atoms with van der Waals surface area (Å²) in [5, 5.41) is 18.5. The molecule has 0 saturated carbocycles. The van der Waals surface area contributed by atoms with Gasteiger partial charge in [0, 0.05) is 0 Å². The molecule has 2 N–H and O–H groups in total. The second kappa shape index (κ2) is 4.39. The minimum atomic E-state index is -1.22. The van der Waals surface area contributed by atoms with E-state index in [1.54, 1.807) is 0 Å². The molecular weight excluding hydrogens is 227 g/mol. The van der Waals surface area contributed by atoms with Crippen molar-refractivity contribution < 1.29 is 23.8 Å². The number of aliphatic hydroxyl groups excluding tert-OH is 1. The van der Waals surface area contributed by atoms with E-state index in [4.69, 9.17) is 9.52 Å². The number of furan rings is 1. The van der Waals surface area contributed by atoms with Gasteiger partial charge in [0.2, 0.25) is 5.76 Å². The molecule has 1 unspecified atom stereocenters. The number of carbonyl (C=O) groups is 1. The van der Waals surface area contributed by atoms with Gasteiger partial charge in [-0.1, -0.05) is 12.1 Å². The Hall–Kier alpha value is -2.14. The van der Waals surface area contributed by atoms with E-state index in [1.165, 1.54) is 30.3 Å². The van der Waals surface area contributed by atoms with Gasteiger partial charge in [-0.3, -0.25) is 0 Å². The summed E-state index contributed by atoms with van der Waals surface area (Å²) >= 11 is 0. The number of carboxylic acids is 1. The summed E-state index contributed by atoms with van der Waals surface area (Å²) < 4.78 is 17.9. The van der Waals surface area contributed by atoms with Crippen LogP contribution in [0.25, 0.3) is 0 Å². The molecule has 5 heteroatoms. The van der Waals surface area contributed by atoms with Crippen molar-refractivity contribution in [1.82, 2.24) is 0 Å². The molecule has 0 radical (unpaired) electrons. The number of hydrogen-bond acceptors (Lipinski definition) is 3. The zero-order valence-electron chi connectivity index (χ0n) is 8.63. The lowest BCUT2D eigenvalue weighted by Gasteiger charge is -2.07. The Bertz CT molecular complexity index is 547. The number of carboxylic acid groups (broad SMARTS) is 1. The normalized spacial score (nSPS) is 12.4. The van der Waals surface area contributed by atoms with Gasteiger partial charge in [0.05, 0.1) is 0 Å². The lowest BCUT2D eigenvalue weighted by Crippen LogP contribution is -1.99. The third kappa shape index (κ3) is 2.34. The van der Waals surface area contributed by atoms with Gasteiger partial charge in [-0.15, -0.1) is 0 Å². The van der Waals surface area contributed by atoms with Crippen LogP contribution in [0.2, 0.25) is 0 Å². The minimum Gasteiger partial charge on any atom is -0.475 e. The maximum Gasteiger partial charge on any atom is 0.371 e. The van der Waals surface area contributed by atoms with Crippen molar-refractivity contribution >= 4 is 5.97 Å². The van der Waals surface area contributed by atoms with E-state index in [0.29, 0.717) is 5.56 Å². The highest BCUT2D eigenvalue weighted by Crippen LogP contribution is 2.24. The highest BCUT2D eigenvalue weighted by atomic mass is 19.1. The van der Waals surface area contributed by atoms with Gasteiger partial charge in [0.1, 0.15) is 17.7 Å². The topological polar surface area (TPSA) is 70.7 Å². The van der Waals surface area contributed by atoms with Crippen molar-refractivity contribution in [2.24, 2.45) is 0 Å². The Balaban J connectivity index is 2.30. The van der Waals surface area contributed by atoms with Crippen LogP contribution in [0, 0.1) is 5.82 Å². The predicted octanol–water partition coefficient (Wildman–Crippen LogP) is 2.20. The molecule has 0 aliphatic carbocycles. The van der Waals surface area contributed by atoms with Crippen molar-refractivity contribution in [3.05, 3.63) is 59.3 Å². The first-order valence-corrected chi connectivity index (χ1v) is 4.84. The molecule has 2 aromatic rings. The van der Waals surface area contributed by atoms with E-state index in [-0.39, 0.29) is 11.5 Å². The van der Waals surface area contributed by atoms with E-state index < -0.39 is 17.9 Å². The molecule has 1 aromatic heterocycles. The standard InChI is InChI=1S/C12H9FO4/c13-8-3-1-2-7(6-8)11(14)9-4-5-10(17-9)12(15)16/h1-6,11,14H,(H,15,16). The second-order valence-corrected chi connectivity index (χ2v) is 3.46. The third-order valence-corrected chi connectivity index (χ3v) is 2.27. The quantitative estimate of drug-likeness (QED) is 0.857. The smallest absolute Gasteiger partial charge is 0.371 e. The lowest BCUT2D eigenvalue weighted by atomic mass is 10.1. The van der Waals surface area contributed by atoms with E-state index in [2.05, 4.69) is 0 Å². The van der Waals surface area contributed by atoms with Crippen LogP contribution in [0.15, 0.2) is 40.8 Å². The first kappa shape index (κ1) is 11.3. The summed E-state index contributed by atoms with van der Waals surface area (Å²) in [4.78, 5) is 10.6. The monoisotopic (exact) mass is 236 g/mol. The Morgan fingerprint density at radius 2 is 2.06 bits per heavy atom. The number of rotatable bonds is 3. The van der Waals surface area contributed by atoms with Crippen LogP contribution >= 0.6 is 0 Å². The number of aliphatic hydroxyl groups is 1. The van der Waals surface area contributed by atoms with Crippen LogP contribution in [0.4, 0.5) is 4.39 Å². The number of halogens is 1. The maximum atomic E-state index is 12.9. The Morgan fingerprint density at radius 1 is 1.29 bits per heavy atom. The zero-order chi connectivity index (χ0) is 12.4. The van der Waals surface area contributed by atoms with E-state index in [1.807, 2.05) is 0 Å². The molecule has 17 heavy (non-hydrogen) atoms. The SMILES string of the molecule is O=C(O)c1ccc(C(O)c2cccc(F)c2)o1. The largest absolute Gasteiger partial charge is 0.475 e. The molecule has 0 spiro atoms. The fourth-order valence-corrected chi connectivity index (χ4v) is 1.46. The molecule has 1 heterocycles. The summed E-state index contributed by atoms with van der Waals surface area (Å²) in [5.41, 5.74) is 0.302. The van der Waals surface area contributed by atoms with E-state index in [9.17, 15) is 14.3 Å². The van der Waals surface area contributed by atoms with Crippen LogP contribution in [0.5, 0.6) is 0 Å². The summed E-state index contributed by atoms with van der Waals surface area (Å²) in [6.07, 6.45) is -1.18. The van der Waals surface area contributed by atoms with Gasteiger partial charge in [0.25, 0.3) is 0 Å². The number of benzene rings is 1. The molecule has 0 fully saturated rings. The first-order valence-electron chi connectivity index (χ1n) is 4.84. The molecule has 4 nitrogen and oxygen atoms in total. The summed E-state index contributed by atoms with van der Waals surface area (Å²) in [7, 11) is 0. The van der Waals surface area contributed by atoms with Gasteiger partial charge < -0.3 is 14.6 Å². The number of hydrogen-bond donors (Lipinski definition) is 2. The summed E-state index contributed by atoms with van der Waals surface area (Å²) in [5.74, 6) is -1.90. The number of aromatic carboxylic acids is 1. The van der Waals surface area contributed by atoms with E-state index in [0.717, 1.165) is 6.07 Å². The van der Waals surface area contributed by atoms with Crippen LogP contribution in [0.3, 0.4) is 0 Å². The zero-order valence-corrected chi connectivity index (χ0v) is 8.63. The molecule has 1 atom stereocenters. The average Bonchev–Trinajstić information content (AvgIpc) is 2.77. The molecule has 0 aliphatic rings. The van der Waals surface area contributed by atoms with Crippen molar-refractivity contribution in [3.63, 3.8) is 0 Å². The van der Waals surface area contributed by atoms with Crippen molar-refractivity contribution in [1.29, 1.82) is 0 Å².